The van der Waals surface area contributed by atoms with Gasteiger partial charge in [0.15, 0.2) is 0 Å². The molecule has 2 nitrogen and oxygen atoms in total. The van der Waals surface area contributed by atoms with Crippen molar-refractivity contribution in [2.45, 2.75) is 72.1 Å². The molecule has 3 saturated carbocycles. The molecule has 0 aliphatic heterocycles. The number of ether oxygens (including phenoxy) is 1. The second-order valence-electron chi connectivity index (χ2n) is 10.0. The summed E-state index contributed by atoms with van der Waals surface area (Å²) >= 11 is 6.27. The molecule has 2 bridgehead atoms. The van der Waals surface area contributed by atoms with E-state index in [0.29, 0.717) is 23.4 Å². The highest BCUT2D eigenvalue weighted by Gasteiger charge is 2.62. The smallest absolute Gasteiger partial charge is 0.302 e. The number of hydrogen-bond acceptors (Lipinski definition) is 2. The van der Waals surface area contributed by atoms with Crippen molar-refractivity contribution in [2.75, 3.05) is 12.5 Å². The summed E-state index contributed by atoms with van der Waals surface area (Å²) in [5.41, 5.74) is 2.48. The van der Waals surface area contributed by atoms with Crippen molar-refractivity contribution in [1.29, 1.82) is 0 Å². The summed E-state index contributed by atoms with van der Waals surface area (Å²) in [7, 11) is 0. The van der Waals surface area contributed by atoms with Gasteiger partial charge in [0, 0.05) is 18.2 Å². The normalized spacial score (nSPS) is 48.3. The van der Waals surface area contributed by atoms with E-state index in [1.807, 2.05) is 0 Å². The van der Waals surface area contributed by atoms with E-state index in [1.165, 1.54) is 56.9 Å². The third kappa shape index (κ3) is 2.61. The predicted molar refractivity (Wildman–Crippen MR) is 101 cm³/mol. The van der Waals surface area contributed by atoms with Gasteiger partial charge >= 0.3 is 5.97 Å². The maximum atomic E-state index is 11.4. The number of rotatable bonds is 3. The summed E-state index contributed by atoms with van der Waals surface area (Å²) in [6, 6.07) is 0. The SMILES string of the molecule is CC(=O)OC[C@]1(C)CCC[C@]2(C)[C@@H]1CC[C@]13C=C(CCl)[C@H](CC[C@H]12)C3. The lowest BCUT2D eigenvalue weighted by atomic mass is 9.41. The molecule has 3 heteroatoms. The summed E-state index contributed by atoms with van der Waals surface area (Å²) in [5, 5.41) is 0. The van der Waals surface area contributed by atoms with E-state index in [2.05, 4.69) is 19.9 Å². The van der Waals surface area contributed by atoms with Gasteiger partial charge in [-0.05, 0) is 73.5 Å². The zero-order chi connectivity index (χ0) is 17.9. The molecule has 140 valence electrons. The van der Waals surface area contributed by atoms with Crippen LogP contribution in [-0.2, 0) is 9.53 Å². The fourth-order valence-corrected chi connectivity index (χ4v) is 8.06. The Hall–Kier alpha value is -0.500. The molecule has 0 aromatic heterocycles. The van der Waals surface area contributed by atoms with E-state index in [9.17, 15) is 4.79 Å². The lowest BCUT2D eigenvalue weighted by molar-refractivity contribution is -0.167. The van der Waals surface area contributed by atoms with Crippen molar-refractivity contribution >= 4 is 17.6 Å². The van der Waals surface area contributed by atoms with Crippen molar-refractivity contribution in [3.63, 3.8) is 0 Å². The maximum absolute atomic E-state index is 11.4. The summed E-state index contributed by atoms with van der Waals surface area (Å²) in [6.45, 7) is 7.10. The van der Waals surface area contributed by atoms with E-state index in [0.717, 1.165) is 17.7 Å². The van der Waals surface area contributed by atoms with E-state index < -0.39 is 0 Å². The van der Waals surface area contributed by atoms with Crippen LogP contribution in [0.3, 0.4) is 0 Å². The van der Waals surface area contributed by atoms with Crippen molar-refractivity contribution < 1.29 is 9.53 Å². The van der Waals surface area contributed by atoms with E-state index in [1.54, 1.807) is 6.92 Å². The Labute approximate surface area is 157 Å². The van der Waals surface area contributed by atoms with Gasteiger partial charge in [-0.1, -0.05) is 31.9 Å². The predicted octanol–water partition coefficient (Wildman–Crippen LogP) is 5.74. The standard InChI is InChI=1S/C22H33ClO2/c1-15(24)25-14-20(2)8-4-9-21(3)18(20)7-10-22-11-16(5-6-19(21)22)17(12-22)13-23/h12,16,18-19H,4-11,13-14H2,1-3H3/t16-,18-,19+,20+,21-,22+/m1/s1. The molecule has 1 spiro atoms. The van der Waals surface area contributed by atoms with Gasteiger partial charge in [-0.15, -0.1) is 11.6 Å². The van der Waals surface area contributed by atoms with Crippen LogP contribution in [-0.4, -0.2) is 18.5 Å². The average Bonchev–Trinajstić information content (AvgIpc) is 2.83. The average molecular weight is 365 g/mol. The molecule has 25 heavy (non-hydrogen) atoms. The Balaban J connectivity index is 1.65. The van der Waals surface area contributed by atoms with Crippen LogP contribution in [0.25, 0.3) is 0 Å². The van der Waals surface area contributed by atoms with Gasteiger partial charge in [-0.25, -0.2) is 0 Å². The van der Waals surface area contributed by atoms with Gasteiger partial charge < -0.3 is 4.74 Å². The number of carbonyl (C=O) groups excluding carboxylic acids is 1. The largest absolute Gasteiger partial charge is 0.465 e. The van der Waals surface area contributed by atoms with Gasteiger partial charge in [-0.3, -0.25) is 4.79 Å². The Bertz CT molecular complexity index is 599. The van der Waals surface area contributed by atoms with E-state index >= 15 is 0 Å². The molecule has 0 aromatic rings. The minimum atomic E-state index is -0.133. The molecule has 0 saturated heterocycles. The number of esters is 1. The highest BCUT2D eigenvalue weighted by atomic mass is 35.5. The fraction of sp³-hybridized carbons (Fsp3) is 0.864. The number of fused-ring (bicyclic) bond motifs is 3. The molecular formula is C22H33ClO2. The van der Waals surface area contributed by atoms with E-state index in [4.69, 9.17) is 16.3 Å². The second kappa shape index (κ2) is 6.01. The van der Waals surface area contributed by atoms with E-state index in [-0.39, 0.29) is 11.4 Å². The minimum Gasteiger partial charge on any atom is -0.465 e. The number of allylic oxidation sites excluding steroid dienone is 2. The molecule has 0 aromatic carbocycles. The van der Waals surface area contributed by atoms with Crippen molar-refractivity contribution in [3.05, 3.63) is 11.6 Å². The number of halogens is 1. The molecule has 4 aliphatic carbocycles. The van der Waals surface area contributed by atoms with Gasteiger partial charge in [0.1, 0.15) is 0 Å². The van der Waals surface area contributed by atoms with Crippen LogP contribution in [0.1, 0.15) is 72.1 Å². The summed E-state index contributed by atoms with van der Waals surface area (Å²) in [6.07, 6.45) is 13.1. The molecule has 0 amide bonds. The first-order valence-corrected chi connectivity index (χ1v) is 10.8. The van der Waals surface area contributed by atoms with Crippen LogP contribution in [0.5, 0.6) is 0 Å². The van der Waals surface area contributed by atoms with Gasteiger partial charge in [0.05, 0.1) is 6.61 Å². The Morgan fingerprint density at radius 2 is 2.00 bits per heavy atom. The number of carbonyl (C=O) groups is 1. The lowest BCUT2D eigenvalue weighted by Gasteiger charge is -2.64. The quantitative estimate of drug-likeness (QED) is 0.362. The monoisotopic (exact) mass is 364 g/mol. The molecule has 4 aliphatic rings. The molecular weight excluding hydrogens is 332 g/mol. The van der Waals surface area contributed by atoms with Crippen LogP contribution in [0.2, 0.25) is 0 Å². The Morgan fingerprint density at radius 3 is 2.72 bits per heavy atom. The van der Waals surface area contributed by atoms with Crippen LogP contribution in [0, 0.1) is 34.0 Å². The third-order valence-corrected chi connectivity index (χ3v) is 8.98. The molecule has 0 radical (unpaired) electrons. The molecule has 0 heterocycles. The third-order valence-electron chi connectivity index (χ3n) is 8.68. The Kier molecular flexibility index (Phi) is 4.30. The van der Waals surface area contributed by atoms with Crippen LogP contribution >= 0.6 is 11.6 Å². The fourth-order valence-electron chi connectivity index (χ4n) is 7.77. The highest BCUT2D eigenvalue weighted by Crippen LogP contribution is 2.70. The molecule has 4 rings (SSSR count). The highest BCUT2D eigenvalue weighted by molar-refractivity contribution is 6.19. The number of alkyl halides is 1. The molecule has 3 fully saturated rings. The topological polar surface area (TPSA) is 26.3 Å². The molecule has 0 unspecified atom stereocenters. The lowest BCUT2D eigenvalue weighted by Crippen LogP contribution is -2.57. The van der Waals surface area contributed by atoms with Crippen LogP contribution < -0.4 is 0 Å². The second-order valence-corrected chi connectivity index (χ2v) is 10.3. The van der Waals surface area contributed by atoms with Gasteiger partial charge in [0.25, 0.3) is 0 Å². The first-order chi connectivity index (χ1) is 11.8. The molecule has 6 atom stereocenters. The van der Waals surface area contributed by atoms with Gasteiger partial charge in [-0.2, -0.15) is 0 Å². The minimum absolute atomic E-state index is 0.133. The number of hydrogen-bond donors (Lipinski definition) is 0. The summed E-state index contributed by atoms with van der Waals surface area (Å²) < 4.78 is 5.54. The Morgan fingerprint density at radius 1 is 1.20 bits per heavy atom. The summed E-state index contributed by atoms with van der Waals surface area (Å²) in [5.74, 6) is 2.81. The molecule has 0 N–H and O–H groups in total. The van der Waals surface area contributed by atoms with Crippen molar-refractivity contribution in [2.24, 2.45) is 34.0 Å². The van der Waals surface area contributed by atoms with Crippen LogP contribution in [0.15, 0.2) is 11.6 Å². The summed E-state index contributed by atoms with van der Waals surface area (Å²) in [4.78, 5) is 11.4. The van der Waals surface area contributed by atoms with Crippen molar-refractivity contribution in [3.8, 4) is 0 Å². The maximum Gasteiger partial charge on any atom is 0.302 e. The first-order valence-electron chi connectivity index (χ1n) is 10.2. The van der Waals surface area contributed by atoms with Crippen molar-refractivity contribution in [1.82, 2.24) is 0 Å². The zero-order valence-electron chi connectivity index (χ0n) is 16.1. The zero-order valence-corrected chi connectivity index (χ0v) is 16.8. The first kappa shape index (κ1) is 17.9. The van der Waals surface area contributed by atoms with Crippen LogP contribution in [0.4, 0.5) is 0 Å². The van der Waals surface area contributed by atoms with Gasteiger partial charge in [0.2, 0.25) is 0 Å².